The first-order chi connectivity index (χ1) is 8.27. The molecular formula is C12H20O6. The lowest BCUT2D eigenvalue weighted by molar-refractivity contribution is -0.330. The molecule has 0 aliphatic carbocycles. The largest absolute Gasteiger partial charge is 0.391 e. The van der Waals surface area contributed by atoms with Crippen LogP contribution in [-0.4, -0.2) is 54.0 Å². The summed E-state index contributed by atoms with van der Waals surface area (Å²) in [5, 5.41) is 9.61. The number of fused-ring (bicyclic) bond motifs is 3. The zero-order valence-corrected chi connectivity index (χ0v) is 11.1. The van der Waals surface area contributed by atoms with Crippen LogP contribution in [0.15, 0.2) is 0 Å². The van der Waals surface area contributed by atoms with E-state index in [9.17, 15) is 5.11 Å². The normalized spacial score (nSPS) is 48.8. The molecule has 0 radical (unpaired) electrons. The van der Waals surface area contributed by atoms with E-state index in [-0.39, 0.29) is 18.8 Å². The highest BCUT2D eigenvalue weighted by atomic mass is 16.9. The maximum absolute atomic E-state index is 9.61. The number of hydrogen-bond acceptors (Lipinski definition) is 6. The van der Waals surface area contributed by atoms with Crippen molar-refractivity contribution in [3.05, 3.63) is 0 Å². The van der Waals surface area contributed by atoms with E-state index in [2.05, 4.69) is 0 Å². The van der Waals surface area contributed by atoms with Gasteiger partial charge in [0.25, 0.3) is 0 Å². The fourth-order valence-electron chi connectivity index (χ4n) is 2.89. The van der Waals surface area contributed by atoms with Crippen molar-refractivity contribution in [2.24, 2.45) is 0 Å². The Morgan fingerprint density at radius 3 is 2.44 bits per heavy atom. The van der Waals surface area contributed by atoms with Crippen molar-refractivity contribution in [3.8, 4) is 0 Å². The molecule has 3 aliphatic heterocycles. The summed E-state index contributed by atoms with van der Waals surface area (Å²) in [6.45, 7) is 7.43. The van der Waals surface area contributed by atoms with Crippen molar-refractivity contribution in [2.45, 2.75) is 63.4 Å². The molecule has 0 aromatic heterocycles. The lowest BCUT2D eigenvalue weighted by Crippen LogP contribution is -2.51. The Balaban J connectivity index is 1.88. The molecule has 0 aromatic rings. The molecule has 0 aromatic carbocycles. The molecule has 0 amide bonds. The Morgan fingerprint density at radius 2 is 1.78 bits per heavy atom. The highest BCUT2D eigenvalue weighted by Gasteiger charge is 2.67. The third-order valence-electron chi connectivity index (χ3n) is 3.51. The molecule has 3 aliphatic rings. The molecule has 18 heavy (non-hydrogen) atoms. The Morgan fingerprint density at radius 1 is 1.06 bits per heavy atom. The van der Waals surface area contributed by atoms with E-state index in [0.29, 0.717) is 6.61 Å². The average Bonchev–Trinajstić information content (AvgIpc) is 2.66. The first kappa shape index (κ1) is 12.8. The number of aliphatic hydroxyl groups excluding tert-OH is 1. The Hall–Kier alpha value is -0.240. The summed E-state index contributed by atoms with van der Waals surface area (Å²) in [6, 6.07) is 0. The molecular weight excluding hydrogens is 240 g/mol. The van der Waals surface area contributed by atoms with Crippen LogP contribution in [0.1, 0.15) is 27.7 Å². The Labute approximate surface area is 106 Å². The topological polar surface area (TPSA) is 66.4 Å². The second-order valence-electron chi connectivity index (χ2n) is 5.96. The highest BCUT2D eigenvalue weighted by molar-refractivity contribution is 5.04. The fraction of sp³-hybridized carbons (Fsp3) is 1.00. The molecule has 3 saturated heterocycles. The van der Waals surface area contributed by atoms with E-state index in [4.69, 9.17) is 23.7 Å². The van der Waals surface area contributed by atoms with Crippen LogP contribution >= 0.6 is 0 Å². The minimum Gasteiger partial charge on any atom is -0.391 e. The van der Waals surface area contributed by atoms with Gasteiger partial charge in [-0.05, 0) is 27.7 Å². The van der Waals surface area contributed by atoms with Crippen LogP contribution in [-0.2, 0) is 23.7 Å². The van der Waals surface area contributed by atoms with Gasteiger partial charge in [0.2, 0.25) is 5.79 Å². The summed E-state index contributed by atoms with van der Waals surface area (Å²) in [4.78, 5) is 0. The van der Waals surface area contributed by atoms with Crippen LogP contribution in [0.4, 0.5) is 0 Å². The van der Waals surface area contributed by atoms with Gasteiger partial charge in [-0.25, -0.2) is 0 Å². The van der Waals surface area contributed by atoms with E-state index in [1.165, 1.54) is 0 Å². The van der Waals surface area contributed by atoms with Gasteiger partial charge in [0.15, 0.2) is 11.6 Å². The third kappa shape index (κ3) is 1.79. The number of aliphatic hydroxyl groups is 1. The zero-order valence-electron chi connectivity index (χ0n) is 11.1. The summed E-state index contributed by atoms with van der Waals surface area (Å²) >= 11 is 0. The molecule has 6 heteroatoms. The van der Waals surface area contributed by atoms with Crippen LogP contribution in [0.3, 0.4) is 0 Å². The van der Waals surface area contributed by atoms with E-state index in [0.717, 1.165) is 0 Å². The van der Waals surface area contributed by atoms with Crippen molar-refractivity contribution in [1.29, 1.82) is 0 Å². The predicted molar refractivity (Wildman–Crippen MR) is 59.6 cm³/mol. The maximum atomic E-state index is 9.61. The fourth-order valence-corrected chi connectivity index (χ4v) is 2.89. The molecule has 3 unspecified atom stereocenters. The summed E-state index contributed by atoms with van der Waals surface area (Å²) < 4.78 is 28.8. The molecule has 0 bridgehead atoms. The van der Waals surface area contributed by atoms with Gasteiger partial charge in [-0.2, -0.15) is 0 Å². The van der Waals surface area contributed by atoms with Crippen LogP contribution in [0.5, 0.6) is 0 Å². The summed E-state index contributed by atoms with van der Waals surface area (Å²) in [5.41, 5.74) is 0. The first-order valence-electron chi connectivity index (χ1n) is 6.25. The zero-order chi connectivity index (χ0) is 13.2. The van der Waals surface area contributed by atoms with Gasteiger partial charge in [-0.1, -0.05) is 0 Å². The van der Waals surface area contributed by atoms with Gasteiger partial charge in [-0.3, -0.25) is 0 Å². The molecule has 3 rings (SSSR count). The Kier molecular flexibility index (Phi) is 2.59. The minimum absolute atomic E-state index is 0.266. The predicted octanol–water partition coefficient (Wildman–Crippen LogP) is 0.377. The number of ether oxygens (including phenoxy) is 5. The molecule has 0 saturated carbocycles. The van der Waals surface area contributed by atoms with Gasteiger partial charge in [0, 0.05) is 0 Å². The van der Waals surface area contributed by atoms with Gasteiger partial charge in [0.1, 0.15) is 24.9 Å². The molecule has 104 valence electrons. The van der Waals surface area contributed by atoms with E-state index >= 15 is 0 Å². The van der Waals surface area contributed by atoms with Crippen LogP contribution in [0, 0.1) is 0 Å². The SMILES string of the molecule is CC1(C)OCC2O[C@@]3(CO)OC(C)(C)OC3C2O1. The average molecular weight is 260 g/mol. The molecule has 3 heterocycles. The van der Waals surface area contributed by atoms with Gasteiger partial charge in [-0.15, -0.1) is 0 Å². The summed E-state index contributed by atoms with van der Waals surface area (Å²) in [7, 11) is 0. The quantitative estimate of drug-likeness (QED) is 0.735. The second kappa shape index (κ2) is 3.65. The minimum atomic E-state index is -1.14. The second-order valence-corrected chi connectivity index (χ2v) is 5.96. The first-order valence-corrected chi connectivity index (χ1v) is 6.25. The van der Waals surface area contributed by atoms with Gasteiger partial charge in [0.05, 0.1) is 6.61 Å². The van der Waals surface area contributed by atoms with Crippen molar-refractivity contribution in [2.75, 3.05) is 13.2 Å². The lowest BCUT2D eigenvalue weighted by atomic mass is 10.0. The van der Waals surface area contributed by atoms with E-state index in [1.807, 2.05) is 13.8 Å². The standard InChI is InChI=1S/C12H20O6/c1-10(2)14-5-7-8(16-10)9-12(6-13,15-7)18-11(3,4)17-9/h7-9,13H,5-6H2,1-4H3/t7?,8?,9?,12-/m0/s1. The lowest BCUT2D eigenvalue weighted by Gasteiger charge is -2.38. The monoisotopic (exact) mass is 260 g/mol. The van der Waals surface area contributed by atoms with Crippen LogP contribution < -0.4 is 0 Å². The number of hydrogen-bond donors (Lipinski definition) is 1. The van der Waals surface area contributed by atoms with Crippen molar-refractivity contribution in [3.63, 3.8) is 0 Å². The van der Waals surface area contributed by atoms with Crippen LogP contribution in [0.25, 0.3) is 0 Å². The molecule has 6 nitrogen and oxygen atoms in total. The Bertz CT molecular complexity index is 354. The molecule has 1 N–H and O–H groups in total. The van der Waals surface area contributed by atoms with Crippen LogP contribution in [0.2, 0.25) is 0 Å². The smallest absolute Gasteiger partial charge is 0.224 e. The third-order valence-corrected chi connectivity index (χ3v) is 3.51. The van der Waals surface area contributed by atoms with E-state index < -0.39 is 23.5 Å². The number of rotatable bonds is 1. The highest BCUT2D eigenvalue weighted by Crippen LogP contribution is 2.48. The van der Waals surface area contributed by atoms with Gasteiger partial charge < -0.3 is 28.8 Å². The molecule has 3 fully saturated rings. The van der Waals surface area contributed by atoms with Crippen molar-refractivity contribution >= 4 is 0 Å². The molecule has 4 atom stereocenters. The molecule has 0 spiro atoms. The maximum Gasteiger partial charge on any atom is 0.224 e. The van der Waals surface area contributed by atoms with Gasteiger partial charge >= 0.3 is 0 Å². The summed E-state index contributed by atoms with van der Waals surface area (Å²) in [5.74, 6) is -2.60. The summed E-state index contributed by atoms with van der Waals surface area (Å²) in [6.07, 6.45) is -1.00. The van der Waals surface area contributed by atoms with E-state index in [1.54, 1.807) is 13.8 Å². The van der Waals surface area contributed by atoms with Crippen molar-refractivity contribution in [1.82, 2.24) is 0 Å². The van der Waals surface area contributed by atoms with Crippen molar-refractivity contribution < 1.29 is 28.8 Å².